The lowest BCUT2D eigenvalue weighted by molar-refractivity contribution is 0.312. The summed E-state index contributed by atoms with van der Waals surface area (Å²) in [4.78, 5) is 9.71. The number of fused-ring (bicyclic) bond motifs is 1. The monoisotopic (exact) mass is 360 g/mol. The summed E-state index contributed by atoms with van der Waals surface area (Å²) in [6.45, 7) is 5.26. The van der Waals surface area contributed by atoms with Gasteiger partial charge in [0.2, 0.25) is 10.0 Å². The first-order chi connectivity index (χ1) is 12.0. The van der Waals surface area contributed by atoms with E-state index in [1.807, 2.05) is 18.2 Å². The van der Waals surface area contributed by atoms with Gasteiger partial charge in [-0.3, -0.25) is 0 Å². The first-order valence-corrected chi connectivity index (χ1v) is 10.3. The second kappa shape index (κ2) is 6.55. The highest BCUT2D eigenvalue weighted by Gasteiger charge is 2.27. The Labute approximate surface area is 149 Å². The van der Waals surface area contributed by atoms with Crippen LogP contribution in [0.1, 0.15) is 12.8 Å². The number of rotatable bonds is 3. The smallest absolute Gasteiger partial charge is 0.243 e. The SMILES string of the molecule is CN1CCN(c2ccc3cc(S(=O)(=O)N4CCCC4)ccc3n2)CC1. The normalized spacial score (nSPS) is 20.4. The minimum atomic E-state index is -3.38. The van der Waals surface area contributed by atoms with Crippen molar-refractivity contribution in [1.29, 1.82) is 0 Å². The molecular formula is C18H24N4O2S. The third kappa shape index (κ3) is 3.23. The Morgan fingerprint density at radius 3 is 2.36 bits per heavy atom. The molecule has 0 radical (unpaired) electrons. The number of hydrogen-bond donors (Lipinski definition) is 0. The van der Waals surface area contributed by atoms with Gasteiger partial charge in [-0.05, 0) is 50.2 Å². The van der Waals surface area contributed by atoms with E-state index in [0.29, 0.717) is 18.0 Å². The van der Waals surface area contributed by atoms with Gasteiger partial charge in [0, 0.05) is 44.7 Å². The van der Waals surface area contributed by atoms with Crippen LogP contribution in [0.15, 0.2) is 35.2 Å². The van der Waals surface area contributed by atoms with Crippen molar-refractivity contribution in [2.45, 2.75) is 17.7 Å². The Hall–Kier alpha value is -1.70. The summed E-state index contributed by atoms with van der Waals surface area (Å²) in [6, 6.07) is 9.26. The Bertz CT molecular complexity index is 870. The lowest BCUT2D eigenvalue weighted by Gasteiger charge is -2.33. The molecule has 2 saturated heterocycles. The van der Waals surface area contributed by atoms with Gasteiger partial charge in [-0.2, -0.15) is 4.31 Å². The number of aromatic nitrogens is 1. The molecule has 4 rings (SSSR count). The van der Waals surface area contributed by atoms with Crippen LogP contribution >= 0.6 is 0 Å². The molecule has 7 heteroatoms. The maximum Gasteiger partial charge on any atom is 0.243 e. The van der Waals surface area contributed by atoms with Gasteiger partial charge in [0.05, 0.1) is 10.4 Å². The number of hydrogen-bond acceptors (Lipinski definition) is 5. The molecule has 0 saturated carbocycles. The molecule has 6 nitrogen and oxygen atoms in total. The molecule has 1 aromatic heterocycles. The van der Waals surface area contributed by atoms with Crippen LogP contribution in [0.5, 0.6) is 0 Å². The number of nitrogens with zero attached hydrogens (tertiary/aromatic N) is 4. The predicted molar refractivity (Wildman–Crippen MR) is 99.4 cm³/mol. The summed E-state index contributed by atoms with van der Waals surface area (Å²) in [5.41, 5.74) is 0.844. The van der Waals surface area contributed by atoms with Crippen LogP contribution in [0.2, 0.25) is 0 Å². The van der Waals surface area contributed by atoms with E-state index in [2.05, 4.69) is 16.8 Å². The van der Waals surface area contributed by atoms with Crippen molar-refractivity contribution in [3.05, 3.63) is 30.3 Å². The van der Waals surface area contributed by atoms with Crippen LogP contribution < -0.4 is 4.90 Å². The third-order valence-electron chi connectivity index (χ3n) is 5.18. The van der Waals surface area contributed by atoms with Crippen LogP contribution in [0, 0.1) is 0 Å². The lowest BCUT2D eigenvalue weighted by Crippen LogP contribution is -2.44. The molecule has 0 bridgehead atoms. The molecule has 2 aliphatic rings. The van der Waals surface area contributed by atoms with E-state index < -0.39 is 10.0 Å². The molecule has 0 atom stereocenters. The van der Waals surface area contributed by atoms with Crippen LogP contribution in [-0.4, -0.2) is 68.9 Å². The van der Waals surface area contributed by atoms with Crippen molar-refractivity contribution in [1.82, 2.24) is 14.2 Å². The van der Waals surface area contributed by atoms with Crippen molar-refractivity contribution in [3.63, 3.8) is 0 Å². The minimum Gasteiger partial charge on any atom is -0.354 e. The summed E-state index contributed by atoms with van der Waals surface area (Å²) in [5, 5.41) is 0.873. The maximum absolute atomic E-state index is 12.7. The number of benzene rings is 1. The second-order valence-corrected chi connectivity index (χ2v) is 8.86. The van der Waals surface area contributed by atoms with Crippen molar-refractivity contribution >= 4 is 26.7 Å². The van der Waals surface area contributed by atoms with Crippen LogP contribution in [0.3, 0.4) is 0 Å². The van der Waals surface area contributed by atoms with Gasteiger partial charge >= 0.3 is 0 Å². The third-order valence-corrected chi connectivity index (χ3v) is 7.07. The maximum atomic E-state index is 12.7. The summed E-state index contributed by atoms with van der Waals surface area (Å²) in [7, 11) is -1.24. The van der Waals surface area contributed by atoms with Crippen molar-refractivity contribution in [3.8, 4) is 0 Å². The molecule has 134 valence electrons. The fourth-order valence-electron chi connectivity index (χ4n) is 3.54. The molecule has 0 amide bonds. The standard InChI is InChI=1S/C18H24N4O2S/c1-20-10-12-21(13-11-20)18-7-4-15-14-16(5-6-17(15)19-18)25(23,24)22-8-2-3-9-22/h4-7,14H,2-3,8-13H2,1H3. The summed E-state index contributed by atoms with van der Waals surface area (Å²) >= 11 is 0. The zero-order chi connectivity index (χ0) is 17.4. The fraction of sp³-hybridized carbons (Fsp3) is 0.500. The van der Waals surface area contributed by atoms with Crippen LogP contribution in [0.25, 0.3) is 10.9 Å². The Morgan fingerprint density at radius 1 is 0.920 bits per heavy atom. The van der Waals surface area contributed by atoms with Crippen molar-refractivity contribution in [2.24, 2.45) is 0 Å². The Balaban J connectivity index is 1.63. The highest BCUT2D eigenvalue weighted by atomic mass is 32.2. The van der Waals surface area contributed by atoms with E-state index in [4.69, 9.17) is 4.98 Å². The van der Waals surface area contributed by atoms with Crippen LogP contribution in [0.4, 0.5) is 5.82 Å². The molecular weight excluding hydrogens is 336 g/mol. The second-order valence-electron chi connectivity index (χ2n) is 6.93. The minimum absolute atomic E-state index is 0.371. The van der Waals surface area contributed by atoms with Crippen LogP contribution in [-0.2, 0) is 10.0 Å². The van der Waals surface area contributed by atoms with Gasteiger partial charge in [0.1, 0.15) is 5.82 Å². The molecule has 25 heavy (non-hydrogen) atoms. The zero-order valence-electron chi connectivity index (χ0n) is 14.6. The topological polar surface area (TPSA) is 56.8 Å². The van der Waals surface area contributed by atoms with Crippen molar-refractivity contribution < 1.29 is 8.42 Å². The summed E-state index contributed by atoms with van der Waals surface area (Å²) in [6.07, 6.45) is 1.89. The molecule has 2 fully saturated rings. The average Bonchev–Trinajstić information content (AvgIpc) is 3.17. The average molecular weight is 360 g/mol. The highest BCUT2D eigenvalue weighted by molar-refractivity contribution is 7.89. The lowest BCUT2D eigenvalue weighted by atomic mass is 10.2. The number of sulfonamides is 1. The highest BCUT2D eigenvalue weighted by Crippen LogP contribution is 2.25. The van der Waals surface area contributed by atoms with E-state index in [1.54, 1.807) is 16.4 Å². The Kier molecular flexibility index (Phi) is 4.39. The Morgan fingerprint density at radius 2 is 1.64 bits per heavy atom. The van der Waals surface area contributed by atoms with E-state index in [0.717, 1.165) is 55.7 Å². The van der Waals surface area contributed by atoms with Gasteiger partial charge in [0.15, 0.2) is 0 Å². The number of anilines is 1. The van der Waals surface area contributed by atoms with E-state index in [9.17, 15) is 8.42 Å². The van der Waals surface area contributed by atoms with Gasteiger partial charge in [0.25, 0.3) is 0 Å². The van der Waals surface area contributed by atoms with E-state index >= 15 is 0 Å². The number of likely N-dealkylation sites (N-methyl/N-ethyl adjacent to an activating group) is 1. The van der Waals surface area contributed by atoms with Gasteiger partial charge in [-0.1, -0.05) is 0 Å². The molecule has 0 N–H and O–H groups in total. The predicted octanol–water partition coefficient (Wildman–Crippen LogP) is 1.77. The molecule has 0 unspecified atom stereocenters. The first-order valence-electron chi connectivity index (χ1n) is 8.88. The molecule has 3 heterocycles. The quantitative estimate of drug-likeness (QED) is 0.835. The largest absolute Gasteiger partial charge is 0.354 e. The molecule has 1 aromatic carbocycles. The van der Waals surface area contributed by atoms with Gasteiger partial charge < -0.3 is 9.80 Å². The molecule has 0 spiro atoms. The van der Waals surface area contributed by atoms with Crippen molar-refractivity contribution in [2.75, 3.05) is 51.2 Å². The van der Waals surface area contributed by atoms with Gasteiger partial charge in [-0.25, -0.2) is 13.4 Å². The summed E-state index contributed by atoms with van der Waals surface area (Å²) < 4.78 is 27.0. The summed E-state index contributed by atoms with van der Waals surface area (Å²) in [5.74, 6) is 0.968. The molecule has 2 aliphatic heterocycles. The zero-order valence-corrected chi connectivity index (χ0v) is 15.4. The number of piperazine rings is 1. The van der Waals surface area contributed by atoms with E-state index in [1.165, 1.54) is 0 Å². The number of pyridine rings is 1. The van der Waals surface area contributed by atoms with E-state index in [-0.39, 0.29) is 0 Å². The fourth-order valence-corrected chi connectivity index (χ4v) is 5.10. The van der Waals surface area contributed by atoms with Gasteiger partial charge in [-0.15, -0.1) is 0 Å². The first kappa shape index (κ1) is 16.8. The molecule has 2 aromatic rings. The molecule has 0 aliphatic carbocycles.